The molecule has 1 amide bonds. The number of amides is 1. The summed E-state index contributed by atoms with van der Waals surface area (Å²) in [6.07, 6.45) is 3.95. The Hall–Kier alpha value is -3.14. The number of benzene rings is 1. The van der Waals surface area contributed by atoms with Gasteiger partial charge < -0.3 is 30.2 Å². The number of anilines is 3. The monoisotopic (exact) mass is 475 g/mol. The number of rotatable bonds is 9. The number of nitrogens with one attached hydrogen (secondary N) is 3. The molecule has 1 aromatic heterocycles. The quantitative estimate of drug-likeness (QED) is 0.451. The number of carbonyl (C=O) groups excluding carboxylic acids is 1. The minimum Gasteiger partial charge on any atom is -0.491 e. The Morgan fingerprint density at radius 2 is 1.88 bits per heavy atom. The Labute approximate surface area is 199 Å². The van der Waals surface area contributed by atoms with Gasteiger partial charge in [-0.05, 0) is 70.7 Å². The van der Waals surface area contributed by atoms with Crippen molar-refractivity contribution in [1.82, 2.24) is 15.3 Å². The number of methoxy groups -OCH3 is 1. The number of alkyl carbamates (subject to hydrolysis) is 1. The number of aromatic nitrogens is 2. The highest BCUT2D eigenvalue weighted by Gasteiger charge is 2.26. The van der Waals surface area contributed by atoms with Crippen LogP contribution in [0.15, 0.2) is 30.5 Å². The van der Waals surface area contributed by atoms with E-state index in [-0.39, 0.29) is 23.8 Å². The Kier molecular flexibility index (Phi) is 8.86. The van der Waals surface area contributed by atoms with Crippen molar-refractivity contribution in [2.45, 2.75) is 64.1 Å². The van der Waals surface area contributed by atoms with Crippen molar-refractivity contribution < 1.29 is 23.4 Å². The highest BCUT2D eigenvalue weighted by Crippen LogP contribution is 2.25. The van der Waals surface area contributed by atoms with E-state index in [0.717, 1.165) is 36.9 Å². The van der Waals surface area contributed by atoms with Crippen LogP contribution < -0.4 is 20.7 Å². The fourth-order valence-electron chi connectivity index (χ4n) is 3.65. The average molecular weight is 476 g/mol. The maximum Gasteiger partial charge on any atom is 0.407 e. The first-order chi connectivity index (χ1) is 16.2. The minimum absolute atomic E-state index is 0.0329. The van der Waals surface area contributed by atoms with E-state index in [1.807, 2.05) is 45.0 Å². The molecule has 3 N–H and O–H groups in total. The first kappa shape index (κ1) is 25.5. The highest BCUT2D eigenvalue weighted by molar-refractivity contribution is 5.68. The van der Waals surface area contributed by atoms with Gasteiger partial charge in [-0.2, -0.15) is 4.98 Å². The third-order valence-electron chi connectivity index (χ3n) is 5.15. The Morgan fingerprint density at radius 1 is 1.15 bits per heavy atom. The zero-order valence-electron chi connectivity index (χ0n) is 20.2. The topological polar surface area (TPSA) is 107 Å². The molecule has 3 rings (SSSR count). The summed E-state index contributed by atoms with van der Waals surface area (Å²) in [6.45, 7) is 6.46. The standard InChI is InChI=1S/C24H34FN5O4/c1-24(2,3)34-23(31)29-18-7-5-6-17(14-18)27-21-20(25)15-26-22(30-21)28-16-8-10-19(11-9-16)33-13-12-32-4/h8-11,15,17-18H,5-7,12-14H2,1-4H3,(H,29,31)(H2,26,27,28,30). The Bertz CT molecular complexity index is 936. The second-order valence-electron chi connectivity index (χ2n) is 9.23. The van der Waals surface area contributed by atoms with E-state index in [2.05, 4.69) is 25.9 Å². The van der Waals surface area contributed by atoms with Crippen LogP contribution >= 0.6 is 0 Å². The van der Waals surface area contributed by atoms with E-state index in [4.69, 9.17) is 14.2 Å². The van der Waals surface area contributed by atoms with Gasteiger partial charge in [-0.3, -0.25) is 0 Å². The molecular weight excluding hydrogens is 441 g/mol. The van der Waals surface area contributed by atoms with Crippen molar-refractivity contribution in [2.24, 2.45) is 0 Å². The summed E-state index contributed by atoms with van der Waals surface area (Å²) in [5, 5.41) is 9.16. The van der Waals surface area contributed by atoms with Gasteiger partial charge >= 0.3 is 6.09 Å². The second kappa shape index (κ2) is 11.8. The van der Waals surface area contributed by atoms with Gasteiger partial charge in [0.15, 0.2) is 11.6 Å². The van der Waals surface area contributed by atoms with Crippen LogP contribution in [0.25, 0.3) is 0 Å². The molecule has 2 atom stereocenters. The van der Waals surface area contributed by atoms with Gasteiger partial charge in [0.05, 0.1) is 12.8 Å². The molecular formula is C24H34FN5O4. The predicted molar refractivity (Wildman–Crippen MR) is 128 cm³/mol. The number of carbonyl (C=O) groups is 1. The SMILES string of the molecule is COCCOc1ccc(Nc2ncc(F)c(NC3CCCC(NC(=O)OC(C)(C)C)C3)n2)cc1. The first-order valence-electron chi connectivity index (χ1n) is 11.5. The number of hydrogen-bond acceptors (Lipinski definition) is 8. The molecule has 0 saturated heterocycles. The number of hydrogen-bond donors (Lipinski definition) is 3. The van der Waals surface area contributed by atoms with Crippen LogP contribution in [0.4, 0.5) is 26.6 Å². The Morgan fingerprint density at radius 3 is 2.59 bits per heavy atom. The number of halogens is 1. The molecule has 1 fully saturated rings. The maximum absolute atomic E-state index is 14.4. The summed E-state index contributed by atoms with van der Waals surface area (Å²) < 4.78 is 30.3. The lowest BCUT2D eigenvalue weighted by Gasteiger charge is -2.31. The zero-order chi connectivity index (χ0) is 24.6. The summed E-state index contributed by atoms with van der Waals surface area (Å²) in [5.74, 6) is 0.586. The zero-order valence-corrected chi connectivity index (χ0v) is 20.2. The van der Waals surface area contributed by atoms with Gasteiger partial charge in [0.25, 0.3) is 0 Å². The maximum atomic E-state index is 14.4. The van der Waals surface area contributed by atoms with Crippen LogP contribution in [-0.4, -0.2) is 54.1 Å². The molecule has 0 aliphatic heterocycles. The molecule has 1 aromatic carbocycles. The van der Waals surface area contributed by atoms with Gasteiger partial charge in [-0.1, -0.05) is 0 Å². The summed E-state index contributed by atoms with van der Waals surface area (Å²) in [4.78, 5) is 20.4. The van der Waals surface area contributed by atoms with Crippen LogP contribution in [-0.2, 0) is 9.47 Å². The molecule has 1 heterocycles. The lowest BCUT2D eigenvalue weighted by molar-refractivity contribution is 0.0492. The molecule has 10 heteroatoms. The van der Waals surface area contributed by atoms with Crippen molar-refractivity contribution in [3.63, 3.8) is 0 Å². The van der Waals surface area contributed by atoms with Gasteiger partial charge in [-0.25, -0.2) is 14.2 Å². The Balaban J connectivity index is 1.56. The van der Waals surface area contributed by atoms with Gasteiger partial charge in [-0.15, -0.1) is 0 Å². The van der Waals surface area contributed by atoms with Gasteiger partial charge in [0.2, 0.25) is 5.95 Å². The molecule has 1 aliphatic carbocycles. The number of nitrogens with zero attached hydrogens (tertiary/aromatic N) is 2. The summed E-state index contributed by atoms with van der Waals surface area (Å²) in [6, 6.07) is 7.22. The van der Waals surface area contributed by atoms with E-state index in [1.165, 1.54) is 0 Å². The summed E-state index contributed by atoms with van der Waals surface area (Å²) in [5.41, 5.74) is 0.192. The van der Waals surface area contributed by atoms with Crippen molar-refractivity contribution in [2.75, 3.05) is 31.0 Å². The van der Waals surface area contributed by atoms with Crippen molar-refractivity contribution in [3.8, 4) is 5.75 Å². The van der Waals surface area contributed by atoms with E-state index in [1.54, 1.807) is 7.11 Å². The van der Waals surface area contributed by atoms with Crippen molar-refractivity contribution in [1.29, 1.82) is 0 Å². The smallest absolute Gasteiger partial charge is 0.407 e. The molecule has 1 aliphatic rings. The predicted octanol–water partition coefficient (Wildman–Crippen LogP) is 4.63. The average Bonchev–Trinajstić information content (AvgIpc) is 2.76. The molecule has 34 heavy (non-hydrogen) atoms. The lowest BCUT2D eigenvalue weighted by atomic mass is 9.91. The first-order valence-corrected chi connectivity index (χ1v) is 11.5. The van der Waals surface area contributed by atoms with Crippen LogP contribution in [0.5, 0.6) is 5.75 Å². The third-order valence-corrected chi connectivity index (χ3v) is 5.15. The van der Waals surface area contributed by atoms with E-state index in [0.29, 0.717) is 19.6 Å². The molecule has 0 spiro atoms. The van der Waals surface area contributed by atoms with Crippen molar-refractivity contribution in [3.05, 3.63) is 36.3 Å². The molecule has 2 aromatic rings. The molecule has 9 nitrogen and oxygen atoms in total. The largest absolute Gasteiger partial charge is 0.491 e. The fourth-order valence-corrected chi connectivity index (χ4v) is 3.65. The second-order valence-corrected chi connectivity index (χ2v) is 9.23. The van der Waals surface area contributed by atoms with Gasteiger partial charge in [0.1, 0.15) is 18.0 Å². The summed E-state index contributed by atoms with van der Waals surface area (Å²) >= 11 is 0. The van der Waals surface area contributed by atoms with Gasteiger partial charge in [0, 0.05) is 24.9 Å². The molecule has 186 valence electrons. The summed E-state index contributed by atoms with van der Waals surface area (Å²) in [7, 11) is 1.62. The van der Waals surface area contributed by atoms with Crippen LogP contribution in [0.3, 0.4) is 0 Å². The van der Waals surface area contributed by atoms with Crippen LogP contribution in [0.2, 0.25) is 0 Å². The molecule has 0 radical (unpaired) electrons. The van der Waals surface area contributed by atoms with E-state index < -0.39 is 17.5 Å². The highest BCUT2D eigenvalue weighted by atomic mass is 19.1. The van der Waals surface area contributed by atoms with Crippen molar-refractivity contribution >= 4 is 23.5 Å². The fraction of sp³-hybridized carbons (Fsp3) is 0.542. The lowest BCUT2D eigenvalue weighted by Crippen LogP contribution is -2.44. The minimum atomic E-state index is -0.554. The third kappa shape index (κ3) is 8.33. The number of ether oxygens (including phenoxy) is 3. The molecule has 0 bridgehead atoms. The normalized spacial score (nSPS) is 18.1. The van der Waals surface area contributed by atoms with E-state index in [9.17, 15) is 9.18 Å². The molecule has 2 unspecified atom stereocenters. The van der Waals surface area contributed by atoms with Crippen LogP contribution in [0.1, 0.15) is 46.5 Å². The van der Waals surface area contributed by atoms with E-state index >= 15 is 0 Å². The molecule has 1 saturated carbocycles. The van der Waals surface area contributed by atoms with Crippen LogP contribution in [0, 0.1) is 5.82 Å².